The number of aliphatic hydroxyl groups excluding tert-OH is 1. The van der Waals surface area contributed by atoms with E-state index < -0.39 is 6.23 Å². The van der Waals surface area contributed by atoms with Crippen molar-refractivity contribution in [3.63, 3.8) is 0 Å². The first kappa shape index (κ1) is 21.0. The fourth-order valence-corrected chi connectivity index (χ4v) is 4.32. The van der Waals surface area contributed by atoms with Crippen molar-refractivity contribution in [2.75, 3.05) is 39.9 Å². The summed E-state index contributed by atoms with van der Waals surface area (Å²) in [5, 5.41) is 22.5. The Kier molecular flexibility index (Phi) is 6.79. The molecule has 4 rings (SSSR count). The number of nitrogens with zero attached hydrogens (tertiary/aromatic N) is 2. The van der Waals surface area contributed by atoms with Crippen LogP contribution in [-0.2, 0) is 4.74 Å². The number of aryl methyl sites for hydroxylation is 1. The Labute approximate surface area is 178 Å². The Balaban J connectivity index is 1.41. The summed E-state index contributed by atoms with van der Waals surface area (Å²) in [6.07, 6.45) is 1.53. The van der Waals surface area contributed by atoms with Gasteiger partial charge in [0.2, 0.25) is 0 Å². The monoisotopic (exact) mass is 408 g/mol. The Bertz CT molecular complexity index is 963. The van der Waals surface area contributed by atoms with E-state index in [0.717, 1.165) is 67.8 Å². The molecule has 3 N–H and O–H groups in total. The molecule has 1 aliphatic heterocycles. The van der Waals surface area contributed by atoms with Crippen molar-refractivity contribution < 1.29 is 9.84 Å². The van der Waals surface area contributed by atoms with Gasteiger partial charge in [0.25, 0.3) is 0 Å². The van der Waals surface area contributed by atoms with Gasteiger partial charge in [-0.25, -0.2) is 0 Å². The lowest BCUT2D eigenvalue weighted by Crippen LogP contribution is -2.39. The summed E-state index contributed by atoms with van der Waals surface area (Å²) in [6.45, 7) is 6.91. The Hall–Kier alpha value is -2.25. The predicted molar refractivity (Wildman–Crippen MR) is 120 cm³/mol. The minimum Gasteiger partial charge on any atom is -0.383 e. The molecule has 2 heterocycles. The van der Waals surface area contributed by atoms with Crippen molar-refractivity contribution in [2.24, 2.45) is 5.92 Å². The Morgan fingerprint density at radius 3 is 2.80 bits per heavy atom. The topological polar surface area (TPSA) is 73.4 Å². The van der Waals surface area contributed by atoms with E-state index in [1.807, 2.05) is 6.07 Å². The highest BCUT2D eigenvalue weighted by Gasteiger charge is 2.21. The summed E-state index contributed by atoms with van der Waals surface area (Å²) in [4.78, 5) is 2.45. The maximum Gasteiger partial charge on any atom is 0.148 e. The highest BCUT2D eigenvalue weighted by atomic mass is 16.5. The van der Waals surface area contributed by atoms with Gasteiger partial charge in [-0.05, 0) is 67.6 Å². The van der Waals surface area contributed by atoms with Gasteiger partial charge < -0.3 is 14.7 Å². The third-order valence-electron chi connectivity index (χ3n) is 6.23. The largest absolute Gasteiger partial charge is 0.383 e. The molecule has 1 aromatic heterocycles. The number of aromatic nitrogens is 2. The van der Waals surface area contributed by atoms with Crippen LogP contribution in [0.15, 0.2) is 42.5 Å². The molecule has 6 nitrogen and oxygen atoms in total. The first-order valence-corrected chi connectivity index (χ1v) is 10.8. The number of nitrogens with one attached hydrogen (secondary N) is 2. The molecular weight excluding hydrogens is 376 g/mol. The molecule has 6 heteroatoms. The second-order valence-corrected chi connectivity index (χ2v) is 8.27. The fraction of sp³-hybridized carbons (Fsp3) is 0.458. The molecule has 0 amide bonds. The van der Waals surface area contributed by atoms with Gasteiger partial charge in [-0.3, -0.25) is 10.4 Å². The van der Waals surface area contributed by atoms with E-state index in [-0.39, 0.29) is 0 Å². The average Bonchev–Trinajstić information content (AvgIpc) is 3.20. The van der Waals surface area contributed by atoms with E-state index in [2.05, 4.69) is 63.7 Å². The zero-order valence-electron chi connectivity index (χ0n) is 17.9. The molecule has 30 heavy (non-hydrogen) atoms. The second kappa shape index (κ2) is 9.71. The number of aliphatic hydroxyl groups is 1. The van der Waals surface area contributed by atoms with Gasteiger partial charge in [-0.2, -0.15) is 5.10 Å². The fourth-order valence-electron chi connectivity index (χ4n) is 4.32. The molecule has 2 aromatic carbocycles. The number of ether oxygens (including phenoxy) is 1. The van der Waals surface area contributed by atoms with Crippen molar-refractivity contribution in [3.8, 4) is 11.1 Å². The minimum atomic E-state index is -0.756. The number of likely N-dealkylation sites (tertiary alicyclic amines) is 1. The third-order valence-corrected chi connectivity index (χ3v) is 6.23. The molecule has 0 radical (unpaired) electrons. The van der Waals surface area contributed by atoms with Crippen LogP contribution < -0.4 is 5.32 Å². The van der Waals surface area contributed by atoms with Gasteiger partial charge in [0.05, 0.1) is 17.8 Å². The molecule has 1 atom stereocenters. The van der Waals surface area contributed by atoms with E-state index in [9.17, 15) is 5.11 Å². The number of fused-ring (bicyclic) bond motifs is 1. The lowest BCUT2D eigenvalue weighted by molar-refractivity contribution is 0.102. The molecule has 0 saturated carbocycles. The van der Waals surface area contributed by atoms with Crippen LogP contribution in [0.4, 0.5) is 0 Å². The molecule has 3 aromatic rings. The van der Waals surface area contributed by atoms with Crippen LogP contribution in [0, 0.1) is 12.8 Å². The van der Waals surface area contributed by atoms with Crippen molar-refractivity contribution in [1.29, 1.82) is 0 Å². The first-order chi connectivity index (χ1) is 14.7. The van der Waals surface area contributed by atoms with Gasteiger partial charge >= 0.3 is 0 Å². The molecule has 1 unspecified atom stereocenters. The lowest BCUT2D eigenvalue weighted by Gasteiger charge is -2.32. The maximum atomic E-state index is 10.8. The number of aromatic amines is 1. The van der Waals surface area contributed by atoms with Crippen LogP contribution in [0.5, 0.6) is 0 Å². The summed E-state index contributed by atoms with van der Waals surface area (Å²) in [6, 6.07) is 14.6. The Morgan fingerprint density at radius 2 is 2.03 bits per heavy atom. The van der Waals surface area contributed by atoms with E-state index in [1.54, 1.807) is 7.11 Å². The van der Waals surface area contributed by atoms with Crippen LogP contribution in [0.3, 0.4) is 0 Å². The summed E-state index contributed by atoms with van der Waals surface area (Å²) in [5.41, 5.74) is 5.18. The Morgan fingerprint density at radius 1 is 1.23 bits per heavy atom. The number of methoxy groups -OCH3 is 1. The number of rotatable bonds is 8. The smallest absolute Gasteiger partial charge is 0.148 e. The standard InChI is InChI=1S/C24H32N4O2/c1-17-5-3-4-6-20(17)19-7-8-22-21(15-19)23(27-26-22)24(29)25-16-18-9-11-28(12-10-18)13-14-30-2/h3-8,15,18,24-25,29H,9-14,16H2,1-2H3,(H,26,27). The summed E-state index contributed by atoms with van der Waals surface area (Å²) < 4.78 is 5.17. The highest BCUT2D eigenvalue weighted by molar-refractivity contribution is 5.87. The molecule has 0 aliphatic carbocycles. The normalized spacial score (nSPS) is 16.9. The highest BCUT2D eigenvalue weighted by Crippen LogP contribution is 2.29. The molecule has 0 spiro atoms. The molecule has 1 fully saturated rings. The zero-order valence-corrected chi connectivity index (χ0v) is 17.9. The summed E-state index contributed by atoms with van der Waals surface area (Å²) in [7, 11) is 1.75. The second-order valence-electron chi connectivity index (χ2n) is 8.27. The van der Waals surface area contributed by atoms with Crippen molar-refractivity contribution in [2.45, 2.75) is 26.0 Å². The quantitative estimate of drug-likeness (QED) is 0.498. The minimum absolute atomic E-state index is 0.579. The van der Waals surface area contributed by atoms with Crippen molar-refractivity contribution >= 4 is 10.9 Å². The van der Waals surface area contributed by atoms with E-state index in [1.165, 1.54) is 11.1 Å². The van der Waals surface area contributed by atoms with Gasteiger partial charge in [-0.15, -0.1) is 0 Å². The molecule has 0 bridgehead atoms. The van der Waals surface area contributed by atoms with Crippen LogP contribution >= 0.6 is 0 Å². The van der Waals surface area contributed by atoms with Gasteiger partial charge in [0, 0.05) is 25.6 Å². The molecule has 1 saturated heterocycles. The van der Waals surface area contributed by atoms with E-state index in [0.29, 0.717) is 5.92 Å². The van der Waals surface area contributed by atoms with Crippen molar-refractivity contribution in [3.05, 3.63) is 53.7 Å². The number of hydrogen-bond acceptors (Lipinski definition) is 5. The van der Waals surface area contributed by atoms with Gasteiger partial charge in [-0.1, -0.05) is 30.3 Å². The lowest BCUT2D eigenvalue weighted by atomic mass is 9.96. The zero-order chi connectivity index (χ0) is 20.9. The van der Waals surface area contributed by atoms with Crippen LogP contribution in [0.25, 0.3) is 22.0 Å². The van der Waals surface area contributed by atoms with Gasteiger partial charge in [0.15, 0.2) is 0 Å². The number of piperidine rings is 1. The van der Waals surface area contributed by atoms with Gasteiger partial charge in [0.1, 0.15) is 6.23 Å². The van der Waals surface area contributed by atoms with Crippen LogP contribution in [-0.4, -0.2) is 60.1 Å². The van der Waals surface area contributed by atoms with Crippen molar-refractivity contribution in [1.82, 2.24) is 20.4 Å². The van der Waals surface area contributed by atoms with Crippen LogP contribution in [0.2, 0.25) is 0 Å². The predicted octanol–water partition coefficient (Wildman–Crippen LogP) is 3.48. The van der Waals surface area contributed by atoms with Crippen LogP contribution in [0.1, 0.15) is 30.3 Å². The third kappa shape index (κ3) is 4.73. The van der Waals surface area contributed by atoms with E-state index in [4.69, 9.17) is 4.74 Å². The first-order valence-electron chi connectivity index (χ1n) is 10.8. The maximum absolute atomic E-state index is 10.8. The number of H-pyrrole nitrogens is 1. The number of hydrogen-bond donors (Lipinski definition) is 3. The summed E-state index contributed by atoms with van der Waals surface area (Å²) in [5.74, 6) is 0.579. The summed E-state index contributed by atoms with van der Waals surface area (Å²) >= 11 is 0. The number of benzene rings is 2. The molecule has 1 aliphatic rings. The van der Waals surface area contributed by atoms with E-state index >= 15 is 0 Å². The average molecular weight is 409 g/mol. The molecule has 160 valence electrons. The SMILES string of the molecule is COCCN1CCC(CNC(O)c2[nH]nc3ccc(-c4ccccc4C)cc23)CC1. The molecular formula is C24H32N4O2.